The van der Waals surface area contributed by atoms with Crippen LogP contribution in [0.5, 0.6) is 0 Å². The van der Waals surface area contributed by atoms with Gasteiger partial charge in [0, 0.05) is 18.7 Å². The van der Waals surface area contributed by atoms with Gasteiger partial charge in [0.2, 0.25) is 0 Å². The van der Waals surface area contributed by atoms with E-state index in [1.165, 1.54) is 6.33 Å². The standard InChI is InChI=1S/C11H19N5O2S/c1-2-9-10(15-12)13-8-14-11(9)16-4-3-6-19(17,18)7-5-16/h8H,2-7,12H2,1H3,(H,13,14,15). The Labute approximate surface area is 113 Å². The molecule has 1 saturated heterocycles. The highest BCUT2D eigenvalue weighted by atomic mass is 32.2. The Kier molecular flexibility index (Phi) is 4.20. The number of nitrogen functional groups attached to an aromatic ring is 1. The largest absolute Gasteiger partial charge is 0.355 e. The van der Waals surface area contributed by atoms with Crippen LogP contribution in [-0.2, 0) is 16.3 Å². The van der Waals surface area contributed by atoms with Crippen molar-refractivity contribution in [1.82, 2.24) is 9.97 Å². The fourth-order valence-corrected chi connectivity index (χ4v) is 3.55. The van der Waals surface area contributed by atoms with E-state index in [2.05, 4.69) is 15.4 Å². The van der Waals surface area contributed by atoms with Gasteiger partial charge in [-0.05, 0) is 12.8 Å². The van der Waals surface area contributed by atoms with Crippen molar-refractivity contribution in [3.63, 3.8) is 0 Å². The molecule has 0 amide bonds. The number of nitrogens with one attached hydrogen (secondary N) is 1. The average molecular weight is 285 g/mol. The molecule has 2 rings (SSSR count). The van der Waals surface area contributed by atoms with Gasteiger partial charge in [-0.25, -0.2) is 24.2 Å². The van der Waals surface area contributed by atoms with Crippen molar-refractivity contribution in [2.75, 3.05) is 34.9 Å². The Morgan fingerprint density at radius 3 is 2.84 bits per heavy atom. The maximum atomic E-state index is 11.6. The quantitative estimate of drug-likeness (QED) is 0.593. The topological polar surface area (TPSA) is 101 Å². The fraction of sp³-hybridized carbons (Fsp3) is 0.636. The molecular weight excluding hydrogens is 266 g/mol. The lowest BCUT2D eigenvalue weighted by molar-refractivity contribution is 0.597. The Morgan fingerprint density at radius 1 is 1.37 bits per heavy atom. The molecule has 1 aliphatic rings. The molecule has 0 spiro atoms. The molecule has 0 aliphatic carbocycles. The first-order valence-corrected chi connectivity index (χ1v) is 8.15. The van der Waals surface area contributed by atoms with Gasteiger partial charge in [-0.3, -0.25) is 0 Å². The number of hydrogen-bond donors (Lipinski definition) is 2. The number of nitrogens with two attached hydrogens (primary N) is 1. The average Bonchev–Trinajstić information content (AvgIpc) is 2.58. The van der Waals surface area contributed by atoms with Gasteiger partial charge in [0.1, 0.15) is 18.0 Å². The molecule has 0 aromatic carbocycles. The van der Waals surface area contributed by atoms with Crippen LogP contribution < -0.4 is 16.2 Å². The van der Waals surface area contributed by atoms with E-state index in [0.29, 0.717) is 25.3 Å². The molecule has 1 aromatic heterocycles. The molecule has 0 radical (unpaired) electrons. The highest BCUT2D eigenvalue weighted by Gasteiger charge is 2.22. The normalized spacial score (nSPS) is 18.9. The number of hydrogen-bond acceptors (Lipinski definition) is 7. The maximum absolute atomic E-state index is 11.6. The van der Waals surface area contributed by atoms with Crippen molar-refractivity contribution in [2.45, 2.75) is 19.8 Å². The van der Waals surface area contributed by atoms with E-state index < -0.39 is 9.84 Å². The summed E-state index contributed by atoms with van der Waals surface area (Å²) in [6.45, 7) is 3.15. The molecule has 7 nitrogen and oxygen atoms in total. The predicted octanol–water partition coefficient (Wildman–Crippen LogP) is -0.0505. The van der Waals surface area contributed by atoms with E-state index in [4.69, 9.17) is 5.84 Å². The van der Waals surface area contributed by atoms with Crippen LogP contribution in [0.4, 0.5) is 11.6 Å². The lowest BCUT2D eigenvalue weighted by Crippen LogP contribution is -2.29. The zero-order valence-electron chi connectivity index (χ0n) is 11.0. The van der Waals surface area contributed by atoms with E-state index in [-0.39, 0.29) is 11.5 Å². The number of anilines is 2. The van der Waals surface area contributed by atoms with Gasteiger partial charge >= 0.3 is 0 Å². The van der Waals surface area contributed by atoms with Gasteiger partial charge in [-0.2, -0.15) is 0 Å². The summed E-state index contributed by atoms with van der Waals surface area (Å²) in [6.07, 6.45) is 2.81. The SMILES string of the molecule is CCc1c(NN)ncnc1N1CCCS(=O)(=O)CC1. The smallest absolute Gasteiger partial charge is 0.152 e. The second-order valence-corrected chi connectivity index (χ2v) is 6.82. The van der Waals surface area contributed by atoms with Gasteiger partial charge in [0.15, 0.2) is 9.84 Å². The molecule has 2 heterocycles. The minimum atomic E-state index is -2.92. The van der Waals surface area contributed by atoms with Crippen LogP contribution in [-0.4, -0.2) is 43.0 Å². The maximum Gasteiger partial charge on any atom is 0.152 e. The van der Waals surface area contributed by atoms with Gasteiger partial charge in [0.25, 0.3) is 0 Å². The third-order valence-electron chi connectivity index (χ3n) is 3.27. The number of hydrazine groups is 1. The molecule has 19 heavy (non-hydrogen) atoms. The molecular formula is C11H19N5O2S. The summed E-state index contributed by atoms with van der Waals surface area (Å²) < 4.78 is 23.3. The summed E-state index contributed by atoms with van der Waals surface area (Å²) in [6, 6.07) is 0. The van der Waals surface area contributed by atoms with Crippen LogP contribution in [0.3, 0.4) is 0 Å². The van der Waals surface area contributed by atoms with Crippen LogP contribution in [0.2, 0.25) is 0 Å². The van der Waals surface area contributed by atoms with E-state index in [0.717, 1.165) is 17.8 Å². The minimum Gasteiger partial charge on any atom is -0.355 e. The molecule has 1 fully saturated rings. The van der Waals surface area contributed by atoms with Crippen molar-refractivity contribution in [3.05, 3.63) is 11.9 Å². The lowest BCUT2D eigenvalue weighted by atomic mass is 10.2. The van der Waals surface area contributed by atoms with Gasteiger partial charge in [-0.1, -0.05) is 6.92 Å². The Balaban J connectivity index is 2.31. The van der Waals surface area contributed by atoms with Crippen molar-refractivity contribution in [2.24, 2.45) is 5.84 Å². The molecule has 0 bridgehead atoms. The highest BCUT2D eigenvalue weighted by Crippen LogP contribution is 2.24. The summed E-state index contributed by atoms with van der Waals surface area (Å²) in [7, 11) is -2.92. The number of aromatic nitrogens is 2. The summed E-state index contributed by atoms with van der Waals surface area (Å²) in [5.74, 6) is 7.24. The zero-order chi connectivity index (χ0) is 13.9. The van der Waals surface area contributed by atoms with Crippen molar-refractivity contribution in [1.29, 1.82) is 0 Å². The van der Waals surface area contributed by atoms with Crippen LogP contribution in [0.1, 0.15) is 18.9 Å². The van der Waals surface area contributed by atoms with Crippen LogP contribution in [0.25, 0.3) is 0 Å². The van der Waals surface area contributed by atoms with Crippen LogP contribution >= 0.6 is 0 Å². The van der Waals surface area contributed by atoms with E-state index in [1.807, 2.05) is 11.8 Å². The van der Waals surface area contributed by atoms with E-state index >= 15 is 0 Å². The molecule has 3 N–H and O–H groups in total. The van der Waals surface area contributed by atoms with Gasteiger partial charge < -0.3 is 10.3 Å². The first-order chi connectivity index (χ1) is 9.07. The van der Waals surface area contributed by atoms with Gasteiger partial charge in [-0.15, -0.1) is 0 Å². The first-order valence-electron chi connectivity index (χ1n) is 6.33. The third-order valence-corrected chi connectivity index (χ3v) is 4.98. The Hall–Kier alpha value is -1.41. The van der Waals surface area contributed by atoms with Crippen LogP contribution in [0.15, 0.2) is 6.33 Å². The number of nitrogens with zero attached hydrogens (tertiary/aromatic N) is 3. The summed E-state index contributed by atoms with van der Waals surface area (Å²) in [5, 5.41) is 0. The first kappa shape index (κ1) is 14.0. The molecule has 0 unspecified atom stereocenters. The molecule has 0 atom stereocenters. The second kappa shape index (κ2) is 5.70. The molecule has 1 aromatic rings. The summed E-state index contributed by atoms with van der Waals surface area (Å²) in [5.41, 5.74) is 3.48. The monoisotopic (exact) mass is 285 g/mol. The van der Waals surface area contributed by atoms with Crippen molar-refractivity contribution >= 4 is 21.5 Å². The van der Waals surface area contributed by atoms with Crippen LogP contribution in [0, 0.1) is 0 Å². The third kappa shape index (κ3) is 3.13. The second-order valence-electron chi connectivity index (χ2n) is 4.51. The summed E-state index contributed by atoms with van der Waals surface area (Å²) >= 11 is 0. The fourth-order valence-electron chi connectivity index (χ4n) is 2.28. The molecule has 0 saturated carbocycles. The molecule has 106 valence electrons. The Morgan fingerprint density at radius 2 is 2.16 bits per heavy atom. The zero-order valence-corrected chi connectivity index (χ0v) is 11.8. The lowest BCUT2D eigenvalue weighted by Gasteiger charge is -2.24. The minimum absolute atomic E-state index is 0.172. The predicted molar refractivity (Wildman–Crippen MR) is 74.7 cm³/mol. The number of sulfone groups is 1. The van der Waals surface area contributed by atoms with Gasteiger partial charge in [0.05, 0.1) is 11.5 Å². The Bertz CT molecular complexity index is 546. The van der Waals surface area contributed by atoms with Crippen molar-refractivity contribution < 1.29 is 8.42 Å². The summed E-state index contributed by atoms with van der Waals surface area (Å²) in [4.78, 5) is 10.4. The highest BCUT2D eigenvalue weighted by molar-refractivity contribution is 7.91. The van der Waals surface area contributed by atoms with E-state index in [1.54, 1.807) is 0 Å². The molecule has 8 heteroatoms. The van der Waals surface area contributed by atoms with Crippen molar-refractivity contribution in [3.8, 4) is 0 Å². The molecule has 1 aliphatic heterocycles. The number of rotatable bonds is 3. The van der Waals surface area contributed by atoms with E-state index in [9.17, 15) is 8.42 Å².